The van der Waals surface area contributed by atoms with E-state index in [-0.39, 0.29) is 0 Å². The topological polar surface area (TPSA) is 38.1 Å². The fraction of sp³-hybridized carbons (Fsp3) is 0.667. The average Bonchev–Trinajstić information content (AvgIpc) is 2.47. The van der Waals surface area contributed by atoms with E-state index < -0.39 is 5.60 Å². The van der Waals surface area contributed by atoms with E-state index in [1.54, 1.807) is 6.20 Å². The minimum atomic E-state index is -0.655. The van der Waals surface area contributed by atoms with Crippen molar-refractivity contribution in [3.05, 3.63) is 18.2 Å². The molecule has 1 aliphatic rings. The normalized spacial score (nSPS) is 34.8. The van der Waals surface area contributed by atoms with Crippen LogP contribution in [-0.4, -0.2) is 14.7 Å². The number of imidazole rings is 1. The summed E-state index contributed by atoms with van der Waals surface area (Å²) in [6.45, 7) is 2.07. The highest BCUT2D eigenvalue weighted by atomic mass is 16.3. The molecule has 2 unspecified atom stereocenters. The Hall–Kier alpha value is -0.830. The monoisotopic (exact) mass is 166 g/mol. The summed E-state index contributed by atoms with van der Waals surface area (Å²) in [5.41, 5.74) is -0.655. The van der Waals surface area contributed by atoms with Gasteiger partial charge in [0.1, 0.15) is 11.4 Å². The zero-order valence-corrected chi connectivity index (χ0v) is 7.49. The summed E-state index contributed by atoms with van der Waals surface area (Å²) in [4.78, 5) is 4.17. The third-order valence-electron chi connectivity index (χ3n) is 2.98. The Labute approximate surface area is 72.0 Å². The van der Waals surface area contributed by atoms with Crippen LogP contribution in [0.15, 0.2) is 12.4 Å². The molecule has 3 heteroatoms. The Balaban J connectivity index is 2.36. The van der Waals surface area contributed by atoms with Crippen molar-refractivity contribution in [2.45, 2.75) is 25.4 Å². The summed E-state index contributed by atoms with van der Waals surface area (Å²) in [6, 6.07) is 0. The van der Waals surface area contributed by atoms with Gasteiger partial charge in [-0.3, -0.25) is 0 Å². The van der Waals surface area contributed by atoms with Crippen LogP contribution in [0.2, 0.25) is 0 Å². The molecule has 66 valence electrons. The van der Waals surface area contributed by atoms with Gasteiger partial charge < -0.3 is 9.67 Å². The molecule has 3 nitrogen and oxygen atoms in total. The van der Waals surface area contributed by atoms with Crippen molar-refractivity contribution in [1.82, 2.24) is 9.55 Å². The Morgan fingerprint density at radius 1 is 1.75 bits per heavy atom. The van der Waals surface area contributed by atoms with E-state index in [9.17, 15) is 5.11 Å². The molecule has 0 bridgehead atoms. The highest BCUT2D eigenvalue weighted by Gasteiger charge is 2.46. The van der Waals surface area contributed by atoms with Crippen LogP contribution in [0.25, 0.3) is 0 Å². The highest BCUT2D eigenvalue weighted by molar-refractivity contribution is 5.11. The van der Waals surface area contributed by atoms with Crippen molar-refractivity contribution in [3.63, 3.8) is 0 Å². The van der Waals surface area contributed by atoms with Gasteiger partial charge >= 0.3 is 0 Å². The second-order valence-corrected chi connectivity index (χ2v) is 3.73. The van der Waals surface area contributed by atoms with Crippen molar-refractivity contribution < 1.29 is 5.11 Å². The second kappa shape index (κ2) is 2.33. The molecule has 1 aromatic heterocycles. The predicted molar refractivity (Wildman–Crippen MR) is 45.5 cm³/mol. The van der Waals surface area contributed by atoms with Gasteiger partial charge in [0.25, 0.3) is 0 Å². The molecule has 0 saturated heterocycles. The van der Waals surface area contributed by atoms with Crippen molar-refractivity contribution in [1.29, 1.82) is 0 Å². The molecule has 0 amide bonds. The van der Waals surface area contributed by atoms with Gasteiger partial charge in [-0.2, -0.15) is 0 Å². The molecule has 2 atom stereocenters. The van der Waals surface area contributed by atoms with Crippen molar-refractivity contribution in [3.8, 4) is 0 Å². The van der Waals surface area contributed by atoms with Crippen LogP contribution >= 0.6 is 0 Å². The molecule has 12 heavy (non-hydrogen) atoms. The second-order valence-electron chi connectivity index (χ2n) is 3.73. The number of nitrogens with zero attached hydrogens (tertiary/aromatic N) is 2. The Morgan fingerprint density at radius 2 is 2.50 bits per heavy atom. The van der Waals surface area contributed by atoms with Gasteiger partial charge in [-0.05, 0) is 18.8 Å². The van der Waals surface area contributed by atoms with Gasteiger partial charge in [0.05, 0.1) is 0 Å². The minimum absolute atomic E-state index is 0.346. The molecule has 0 spiro atoms. The first-order valence-electron chi connectivity index (χ1n) is 4.35. The summed E-state index contributed by atoms with van der Waals surface area (Å²) < 4.78 is 1.90. The first kappa shape index (κ1) is 7.80. The van der Waals surface area contributed by atoms with Crippen LogP contribution in [0, 0.1) is 5.92 Å². The van der Waals surface area contributed by atoms with E-state index in [2.05, 4.69) is 11.9 Å². The largest absolute Gasteiger partial charge is 0.382 e. The molecule has 1 saturated carbocycles. The van der Waals surface area contributed by atoms with Gasteiger partial charge in [0, 0.05) is 19.4 Å². The van der Waals surface area contributed by atoms with E-state index >= 15 is 0 Å². The predicted octanol–water partition coefficient (Wildman–Crippen LogP) is 1.04. The van der Waals surface area contributed by atoms with Crippen LogP contribution in [-0.2, 0) is 12.6 Å². The molecule has 0 radical (unpaired) electrons. The lowest BCUT2D eigenvalue weighted by Crippen LogP contribution is -2.44. The molecule has 1 fully saturated rings. The number of hydrogen-bond acceptors (Lipinski definition) is 2. The van der Waals surface area contributed by atoms with Crippen LogP contribution in [0.5, 0.6) is 0 Å². The maximum Gasteiger partial charge on any atom is 0.140 e. The van der Waals surface area contributed by atoms with Gasteiger partial charge in [0.15, 0.2) is 0 Å². The van der Waals surface area contributed by atoms with Gasteiger partial charge in [-0.15, -0.1) is 0 Å². The average molecular weight is 166 g/mol. The van der Waals surface area contributed by atoms with E-state index in [1.165, 1.54) is 0 Å². The molecule has 0 aliphatic heterocycles. The number of aliphatic hydroxyl groups is 1. The third kappa shape index (κ3) is 0.829. The highest BCUT2D eigenvalue weighted by Crippen LogP contribution is 2.45. The molecule has 0 aromatic carbocycles. The summed E-state index contributed by atoms with van der Waals surface area (Å²) in [5.74, 6) is 1.15. The lowest BCUT2D eigenvalue weighted by atomic mass is 9.70. The number of rotatable bonds is 1. The Kier molecular flexibility index (Phi) is 1.51. The van der Waals surface area contributed by atoms with Crippen LogP contribution in [0.1, 0.15) is 25.6 Å². The zero-order valence-electron chi connectivity index (χ0n) is 7.49. The maximum atomic E-state index is 10.1. The molecule has 1 N–H and O–H groups in total. The van der Waals surface area contributed by atoms with Crippen LogP contribution < -0.4 is 0 Å². The van der Waals surface area contributed by atoms with Gasteiger partial charge in [-0.1, -0.05) is 6.92 Å². The molecule has 1 aromatic rings. The fourth-order valence-corrected chi connectivity index (χ4v) is 1.82. The fourth-order valence-electron chi connectivity index (χ4n) is 1.82. The van der Waals surface area contributed by atoms with Gasteiger partial charge in [-0.25, -0.2) is 4.98 Å². The molecule has 1 aliphatic carbocycles. The van der Waals surface area contributed by atoms with E-state index in [0.717, 1.165) is 18.7 Å². The van der Waals surface area contributed by atoms with Crippen molar-refractivity contribution in [2.75, 3.05) is 0 Å². The van der Waals surface area contributed by atoms with Crippen LogP contribution in [0.3, 0.4) is 0 Å². The number of aromatic nitrogens is 2. The zero-order chi connectivity index (χ0) is 8.77. The molecular formula is C9H14N2O. The molecular weight excluding hydrogens is 152 g/mol. The number of aryl methyl sites for hydroxylation is 1. The first-order chi connectivity index (χ1) is 5.64. The number of hydrogen-bond donors (Lipinski definition) is 1. The van der Waals surface area contributed by atoms with E-state index in [1.807, 2.05) is 17.8 Å². The summed E-state index contributed by atoms with van der Waals surface area (Å²) >= 11 is 0. The summed E-state index contributed by atoms with van der Waals surface area (Å²) in [6.07, 6.45) is 5.55. The first-order valence-corrected chi connectivity index (χ1v) is 4.35. The quantitative estimate of drug-likeness (QED) is 0.677. The third-order valence-corrected chi connectivity index (χ3v) is 2.98. The summed E-state index contributed by atoms with van der Waals surface area (Å²) in [5, 5.41) is 10.1. The SMILES string of the molecule is CC1CCC1(O)c1nccn1C. The Bertz CT molecular complexity index is 294. The van der Waals surface area contributed by atoms with Crippen molar-refractivity contribution >= 4 is 0 Å². The molecule has 1 heterocycles. The lowest BCUT2D eigenvalue weighted by molar-refractivity contribution is -0.102. The summed E-state index contributed by atoms with van der Waals surface area (Å²) in [7, 11) is 1.92. The smallest absolute Gasteiger partial charge is 0.140 e. The van der Waals surface area contributed by atoms with Gasteiger partial charge in [0.2, 0.25) is 0 Å². The Morgan fingerprint density at radius 3 is 2.83 bits per heavy atom. The van der Waals surface area contributed by atoms with E-state index in [4.69, 9.17) is 0 Å². The lowest BCUT2D eigenvalue weighted by Gasteiger charge is -2.42. The van der Waals surface area contributed by atoms with E-state index in [0.29, 0.717) is 5.92 Å². The standard InChI is InChI=1S/C9H14N2O/c1-7-3-4-9(7,12)8-10-5-6-11(8)2/h5-7,12H,3-4H2,1-2H3. The maximum absolute atomic E-state index is 10.1. The molecule has 2 rings (SSSR count). The van der Waals surface area contributed by atoms with Crippen LogP contribution in [0.4, 0.5) is 0 Å². The minimum Gasteiger partial charge on any atom is -0.382 e. The van der Waals surface area contributed by atoms with Crippen molar-refractivity contribution in [2.24, 2.45) is 13.0 Å².